The number of nitrogens with zero attached hydrogens (tertiary/aromatic N) is 4. The van der Waals surface area contributed by atoms with Gasteiger partial charge in [-0.15, -0.1) is 0 Å². The standard InChI is InChI=1S/C40H49N9O7/c1-21(2)32(46-39(53)54)37(51)48-16-6-8-30(48)35-42-19-28(44-35)24-12-10-23(11-13-24)26-15-14-25(18-27(26)34(41)50)29-20-43-36(45-29)31-9-7-17-49(31)38(52)33(22(3)4)47-40(55)56-5/h10-15,18-22,30-33,46H,6-9,16-17H2,1-5H3,(H2,41,50)(H,42,44)(H,43,45)(H,47,55)(H,53,54)/t30-,31?,32-,33-/m0/s1. The molecule has 4 aromatic rings. The fraction of sp³-hybridized carbons (Fsp3) is 0.425. The van der Waals surface area contributed by atoms with Gasteiger partial charge in [0.2, 0.25) is 17.7 Å². The maximum Gasteiger partial charge on any atom is 0.407 e. The van der Waals surface area contributed by atoms with Crippen molar-refractivity contribution in [3.05, 3.63) is 72.1 Å². The summed E-state index contributed by atoms with van der Waals surface area (Å²) in [5.74, 6) is -0.205. The van der Waals surface area contributed by atoms with Crippen molar-refractivity contribution < 1.29 is 33.8 Å². The number of carbonyl (C=O) groups is 5. The van der Waals surface area contributed by atoms with Gasteiger partial charge in [-0.3, -0.25) is 14.4 Å². The number of amides is 5. The molecular weight excluding hydrogens is 718 g/mol. The van der Waals surface area contributed by atoms with E-state index in [1.807, 2.05) is 64.1 Å². The van der Waals surface area contributed by atoms with Gasteiger partial charge in [0, 0.05) is 24.2 Å². The van der Waals surface area contributed by atoms with Crippen LogP contribution in [0.3, 0.4) is 0 Å². The van der Waals surface area contributed by atoms with E-state index in [1.54, 1.807) is 28.3 Å². The van der Waals surface area contributed by atoms with Gasteiger partial charge in [0.05, 0.1) is 43.0 Å². The summed E-state index contributed by atoms with van der Waals surface area (Å²) in [6.07, 6.45) is 4.45. The molecule has 2 aromatic carbocycles. The highest BCUT2D eigenvalue weighted by atomic mass is 16.5. The number of hydrogen-bond acceptors (Lipinski definition) is 8. The van der Waals surface area contributed by atoms with Crippen LogP contribution in [0, 0.1) is 11.8 Å². The van der Waals surface area contributed by atoms with Gasteiger partial charge in [-0.05, 0) is 60.3 Å². The Labute approximate surface area is 324 Å². The predicted molar refractivity (Wildman–Crippen MR) is 207 cm³/mol. The minimum Gasteiger partial charge on any atom is -0.465 e. The van der Waals surface area contributed by atoms with Crippen LogP contribution >= 0.6 is 0 Å². The van der Waals surface area contributed by atoms with E-state index in [-0.39, 0.29) is 35.7 Å². The first-order valence-electron chi connectivity index (χ1n) is 18.9. The molecule has 296 valence electrons. The topological polar surface area (TPSA) is 229 Å². The molecule has 2 saturated heterocycles. The number of nitrogens with two attached hydrogens (primary N) is 1. The highest BCUT2D eigenvalue weighted by molar-refractivity contribution is 6.01. The van der Waals surface area contributed by atoms with E-state index in [9.17, 15) is 29.1 Å². The van der Waals surface area contributed by atoms with E-state index in [2.05, 4.69) is 30.6 Å². The highest BCUT2D eigenvalue weighted by Gasteiger charge is 2.39. The average molecular weight is 768 g/mol. The van der Waals surface area contributed by atoms with E-state index in [0.29, 0.717) is 60.0 Å². The summed E-state index contributed by atoms with van der Waals surface area (Å²) in [6, 6.07) is 10.8. The fourth-order valence-electron chi connectivity index (χ4n) is 7.63. The number of methoxy groups -OCH3 is 1. The largest absolute Gasteiger partial charge is 0.465 e. The molecule has 16 nitrogen and oxygen atoms in total. The first-order valence-corrected chi connectivity index (χ1v) is 18.9. The van der Waals surface area contributed by atoms with Crippen molar-refractivity contribution >= 4 is 29.9 Å². The van der Waals surface area contributed by atoms with Crippen molar-refractivity contribution in [1.29, 1.82) is 0 Å². The van der Waals surface area contributed by atoms with Crippen molar-refractivity contribution in [3.8, 4) is 33.6 Å². The van der Waals surface area contributed by atoms with Crippen LogP contribution in [-0.4, -0.2) is 97.0 Å². The third-order valence-electron chi connectivity index (χ3n) is 10.6. The lowest BCUT2D eigenvalue weighted by molar-refractivity contribution is -0.136. The van der Waals surface area contributed by atoms with Gasteiger partial charge in [0.1, 0.15) is 23.7 Å². The number of ether oxygens (including phenoxy) is 1. The van der Waals surface area contributed by atoms with Crippen molar-refractivity contribution in [1.82, 2.24) is 40.4 Å². The van der Waals surface area contributed by atoms with Crippen LogP contribution in [0.15, 0.2) is 54.9 Å². The molecule has 4 heterocycles. The molecule has 2 aliphatic rings. The zero-order chi connectivity index (χ0) is 40.3. The summed E-state index contributed by atoms with van der Waals surface area (Å²) in [7, 11) is 1.26. The number of aromatic nitrogens is 4. The molecule has 56 heavy (non-hydrogen) atoms. The minimum atomic E-state index is -1.24. The van der Waals surface area contributed by atoms with Crippen molar-refractivity contribution in [3.63, 3.8) is 0 Å². The van der Waals surface area contributed by atoms with Crippen molar-refractivity contribution in [2.24, 2.45) is 17.6 Å². The Balaban J connectivity index is 1.18. The van der Waals surface area contributed by atoms with Gasteiger partial charge in [-0.2, -0.15) is 0 Å². The molecule has 0 aliphatic carbocycles. The van der Waals surface area contributed by atoms with Crippen LogP contribution in [0.1, 0.15) is 87.5 Å². The quantitative estimate of drug-likeness (QED) is 0.111. The molecule has 5 amide bonds. The second kappa shape index (κ2) is 16.7. The van der Waals surface area contributed by atoms with E-state index < -0.39 is 30.2 Å². The first-order chi connectivity index (χ1) is 26.8. The maximum absolute atomic E-state index is 13.6. The molecule has 4 atom stereocenters. The number of hydrogen-bond donors (Lipinski definition) is 6. The SMILES string of the molecule is COC(=O)N[C@H](C(=O)N1CCCC1c1ncc(-c2ccc(-c3ccc(-c4cnc([C@@H]5CCCN5C(=O)[C@@H](NC(=O)O)C(C)C)[nH]4)cc3)c(C(N)=O)c2)[nH]1)C(C)C. The number of carbonyl (C=O) groups excluding carboxylic acids is 4. The van der Waals surface area contributed by atoms with Crippen LogP contribution in [0.4, 0.5) is 9.59 Å². The molecule has 1 unspecified atom stereocenters. The molecule has 16 heteroatoms. The maximum atomic E-state index is 13.6. The number of primary amides is 1. The lowest BCUT2D eigenvalue weighted by atomic mass is 9.95. The monoisotopic (exact) mass is 767 g/mol. The van der Waals surface area contributed by atoms with Gasteiger partial charge in [0.25, 0.3) is 0 Å². The number of imidazole rings is 2. The molecule has 0 saturated carbocycles. The van der Waals surface area contributed by atoms with E-state index >= 15 is 0 Å². The highest BCUT2D eigenvalue weighted by Crippen LogP contribution is 2.36. The zero-order valence-corrected chi connectivity index (χ0v) is 32.2. The Bertz CT molecular complexity index is 2090. The molecule has 0 spiro atoms. The Morgan fingerprint density at radius 2 is 1.25 bits per heavy atom. The molecule has 7 N–H and O–H groups in total. The Kier molecular flexibility index (Phi) is 11.8. The van der Waals surface area contributed by atoms with Crippen LogP contribution in [-0.2, 0) is 14.3 Å². The number of H-pyrrole nitrogens is 2. The smallest absolute Gasteiger partial charge is 0.407 e. The summed E-state index contributed by atoms with van der Waals surface area (Å²) in [5, 5.41) is 14.3. The normalized spacial score (nSPS) is 17.9. The summed E-state index contributed by atoms with van der Waals surface area (Å²) in [5.41, 5.74) is 10.6. The minimum absolute atomic E-state index is 0.156. The van der Waals surface area contributed by atoms with Gasteiger partial charge in [-0.1, -0.05) is 64.1 Å². The molecule has 2 aromatic heterocycles. The fourth-order valence-corrected chi connectivity index (χ4v) is 7.63. The van der Waals surface area contributed by atoms with Gasteiger partial charge in [0.15, 0.2) is 0 Å². The Morgan fingerprint density at radius 3 is 1.73 bits per heavy atom. The molecule has 2 aliphatic heterocycles. The molecular formula is C40H49N9O7. The average Bonchev–Trinajstić information content (AvgIpc) is 4.01. The predicted octanol–water partition coefficient (Wildman–Crippen LogP) is 5.23. The molecule has 6 rings (SSSR count). The Morgan fingerprint density at radius 1 is 0.768 bits per heavy atom. The number of rotatable bonds is 12. The molecule has 0 bridgehead atoms. The van der Waals surface area contributed by atoms with Crippen LogP contribution in [0.2, 0.25) is 0 Å². The van der Waals surface area contributed by atoms with E-state index in [4.69, 9.17) is 10.5 Å². The summed E-state index contributed by atoms with van der Waals surface area (Å²) < 4.78 is 4.74. The lowest BCUT2D eigenvalue weighted by Crippen LogP contribution is -2.51. The van der Waals surface area contributed by atoms with E-state index in [0.717, 1.165) is 29.7 Å². The summed E-state index contributed by atoms with van der Waals surface area (Å²) in [4.78, 5) is 82.4. The summed E-state index contributed by atoms with van der Waals surface area (Å²) in [6.45, 7) is 8.38. The van der Waals surface area contributed by atoms with Crippen molar-refractivity contribution in [2.75, 3.05) is 20.2 Å². The first kappa shape index (κ1) is 39.5. The van der Waals surface area contributed by atoms with Crippen molar-refractivity contribution in [2.45, 2.75) is 77.5 Å². The third kappa shape index (κ3) is 8.23. The zero-order valence-electron chi connectivity index (χ0n) is 32.2. The van der Waals surface area contributed by atoms with E-state index in [1.165, 1.54) is 7.11 Å². The number of carboxylic acid groups (broad SMARTS) is 1. The molecule has 0 radical (unpaired) electrons. The Hall–Kier alpha value is -6.19. The third-order valence-corrected chi connectivity index (χ3v) is 10.6. The number of alkyl carbamates (subject to hydrolysis) is 1. The summed E-state index contributed by atoms with van der Waals surface area (Å²) >= 11 is 0. The van der Waals surface area contributed by atoms with Gasteiger partial charge >= 0.3 is 12.2 Å². The number of aromatic amines is 2. The lowest BCUT2D eigenvalue weighted by Gasteiger charge is -2.30. The van der Waals surface area contributed by atoms with Gasteiger partial charge < -0.3 is 46.0 Å². The number of likely N-dealkylation sites (tertiary alicyclic amines) is 2. The van der Waals surface area contributed by atoms with Crippen LogP contribution in [0.25, 0.3) is 33.6 Å². The number of nitrogens with one attached hydrogen (secondary N) is 4. The van der Waals surface area contributed by atoms with Crippen LogP contribution < -0.4 is 16.4 Å². The number of benzene rings is 2. The second-order valence-corrected chi connectivity index (χ2v) is 15.0. The molecule has 2 fully saturated rings. The van der Waals surface area contributed by atoms with Gasteiger partial charge in [-0.25, -0.2) is 19.6 Å². The van der Waals surface area contributed by atoms with Crippen LogP contribution in [0.5, 0.6) is 0 Å². The second-order valence-electron chi connectivity index (χ2n) is 15.0.